The lowest BCUT2D eigenvalue weighted by molar-refractivity contribution is 0.226. The van der Waals surface area contributed by atoms with E-state index in [1.54, 1.807) is 11.8 Å². The zero-order valence-electron chi connectivity index (χ0n) is 11.6. The van der Waals surface area contributed by atoms with E-state index in [0.717, 1.165) is 24.1 Å². The van der Waals surface area contributed by atoms with Gasteiger partial charge in [0.15, 0.2) is 5.16 Å². The van der Waals surface area contributed by atoms with E-state index in [0.29, 0.717) is 11.2 Å². The average Bonchev–Trinajstić information content (AvgIpc) is 2.87. The van der Waals surface area contributed by atoms with Crippen LogP contribution >= 0.6 is 11.8 Å². The molecule has 1 spiro atoms. The van der Waals surface area contributed by atoms with Gasteiger partial charge >= 0.3 is 0 Å². The highest BCUT2D eigenvalue weighted by atomic mass is 32.2. The first-order chi connectivity index (χ1) is 9.21. The lowest BCUT2D eigenvalue weighted by Gasteiger charge is -2.40. The maximum Gasteiger partial charge on any atom is 0.191 e. The highest BCUT2D eigenvalue weighted by Gasteiger charge is 2.37. The van der Waals surface area contributed by atoms with Crippen LogP contribution in [-0.4, -0.2) is 29.3 Å². The van der Waals surface area contributed by atoms with Gasteiger partial charge in [0.2, 0.25) is 0 Å². The van der Waals surface area contributed by atoms with E-state index in [2.05, 4.69) is 14.9 Å². The fraction of sp³-hybridized carbons (Fsp3) is 0.714. The molecular weight excluding hydrogens is 256 g/mol. The van der Waals surface area contributed by atoms with Gasteiger partial charge in [-0.2, -0.15) is 0 Å². The molecule has 5 heteroatoms. The smallest absolute Gasteiger partial charge is 0.191 e. The van der Waals surface area contributed by atoms with E-state index in [-0.39, 0.29) is 0 Å². The van der Waals surface area contributed by atoms with E-state index >= 15 is 0 Å². The second-order valence-electron chi connectivity index (χ2n) is 5.83. The molecule has 104 valence electrons. The SMILES string of the molecule is CSc1nc(N)cc(N2CCC3(CCCC3)CC2)n1. The molecule has 1 aromatic rings. The minimum Gasteiger partial charge on any atom is -0.383 e. The van der Waals surface area contributed by atoms with Gasteiger partial charge < -0.3 is 10.6 Å². The Morgan fingerprint density at radius 2 is 1.84 bits per heavy atom. The van der Waals surface area contributed by atoms with Gasteiger partial charge in [-0.25, -0.2) is 9.97 Å². The van der Waals surface area contributed by atoms with E-state index in [1.807, 2.05) is 12.3 Å². The Labute approximate surface area is 119 Å². The van der Waals surface area contributed by atoms with Crippen LogP contribution in [0.3, 0.4) is 0 Å². The van der Waals surface area contributed by atoms with Crippen LogP contribution in [0.25, 0.3) is 0 Å². The molecule has 0 amide bonds. The summed E-state index contributed by atoms with van der Waals surface area (Å²) in [6.45, 7) is 2.23. The third-order valence-corrected chi connectivity index (χ3v) is 5.25. The van der Waals surface area contributed by atoms with Crippen LogP contribution in [0.4, 0.5) is 11.6 Å². The minimum atomic E-state index is 0.579. The Morgan fingerprint density at radius 1 is 1.16 bits per heavy atom. The molecule has 1 saturated heterocycles. The molecule has 19 heavy (non-hydrogen) atoms. The van der Waals surface area contributed by atoms with Crippen molar-refractivity contribution in [1.29, 1.82) is 0 Å². The number of nitrogens with zero attached hydrogens (tertiary/aromatic N) is 3. The maximum atomic E-state index is 5.87. The Bertz CT molecular complexity index is 447. The van der Waals surface area contributed by atoms with Crippen LogP contribution in [0.15, 0.2) is 11.2 Å². The molecule has 2 aliphatic rings. The topological polar surface area (TPSA) is 55.0 Å². The second-order valence-corrected chi connectivity index (χ2v) is 6.61. The number of rotatable bonds is 2. The van der Waals surface area contributed by atoms with Crippen LogP contribution in [0.5, 0.6) is 0 Å². The van der Waals surface area contributed by atoms with Gasteiger partial charge in [-0.1, -0.05) is 24.6 Å². The van der Waals surface area contributed by atoms with Gasteiger partial charge in [0.05, 0.1) is 0 Å². The molecule has 2 N–H and O–H groups in total. The maximum absolute atomic E-state index is 5.87. The number of piperidine rings is 1. The van der Waals surface area contributed by atoms with Crippen molar-refractivity contribution in [2.24, 2.45) is 5.41 Å². The molecular formula is C14H22N4S. The van der Waals surface area contributed by atoms with E-state index < -0.39 is 0 Å². The fourth-order valence-corrected chi connectivity index (χ4v) is 3.90. The van der Waals surface area contributed by atoms with Crippen molar-refractivity contribution >= 4 is 23.4 Å². The summed E-state index contributed by atoms with van der Waals surface area (Å²) in [4.78, 5) is 11.2. The van der Waals surface area contributed by atoms with Crippen LogP contribution in [-0.2, 0) is 0 Å². The quantitative estimate of drug-likeness (QED) is 0.666. The van der Waals surface area contributed by atoms with Gasteiger partial charge in [0, 0.05) is 19.2 Å². The summed E-state index contributed by atoms with van der Waals surface area (Å²) >= 11 is 1.55. The molecule has 2 heterocycles. The van der Waals surface area contributed by atoms with E-state index in [1.165, 1.54) is 38.5 Å². The zero-order chi connectivity index (χ0) is 13.3. The third kappa shape index (κ3) is 2.66. The lowest BCUT2D eigenvalue weighted by atomic mass is 9.77. The molecule has 0 unspecified atom stereocenters. The monoisotopic (exact) mass is 278 g/mol. The minimum absolute atomic E-state index is 0.579. The van der Waals surface area contributed by atoms with Crippen molar-refractivity contribution < 1.29 is 0 Å². The predicted octanol–water partition coefficient (Wildman–Crippen LogP) is 2.94. The summed E-state index contributed by atoms with van der Waals surface area (Å²) in [5.41, 5.74) is 6.52. The van der Waals surface area contributed by atoms with Crippen LogP contribution in [0.2, 0.25) is 0 Å². The summed E-state index contributed by atoms with van der Waals surface area (Å²) in [7, 11) is 0. The van der Waals surface area contributed by atoms with Crippen molar-refractivity contribution in [1.82, 2.24) is 9.97 Å². The highest BCUT2D eigenvalue weighted by Crippen LogP contribution is 2.46. The van der Waals surface area contributed by atoms with Crippen molar-refractivity contribution in [3.05, 3.63) is 6.07 Å². The largest absolute Gasteiger partial charge is 0.383 e. The summed E-state index contributed by atoms with van der Waals surface area (Å²) in [5.74, 6) is 1.58. The zero-order valence-corrected chi connectivity index (χ0v) is 12.4. The van der Waals surface area contributed by atoms with Gasteiger partial charge in [0.1, 0.15) is 11.6 Å². The predicted molar refractivity (Wildman–Crippen MR) is 80.6 cm³/mol. The number of thioether (sulfide) groups is 1. The molecule has 0 atom stereocenters. The first kappa shape index (κ1) is 13.0. The number of hydrogen-bond donors (Lipinski definition) is 1. The number of anilines is 2. The first-order valence-corrected chi connectivity index (χ1v) is 8.37. The number of hydrogen-bond acceptors (Lipinski definition) is 5. The normalized spacial score (nSPS) is 22.1. The van der Waals surface area contributed by atoms with Crippen LogP contribution < -0.4 is 10.6 Å². The van der Waals surface area contributed by atoms with Crippen molar-refractivity contribution in [3.8, 4) is 0 Å². The molecule has 0 aromatic carbocycles. The molecule has 2 fully saturated rings. The van der Waals surface area contributed by atoms with Gasteiger partial charge in [-0.05, 0) is 37.4 Å². The molecule has 1 aliphatic carbocycles. The standard InChI is InChI=1S/C14H22N4S/c1-19-13-16-11(15)10-12(17-13)18-8-6-14(7-9-18)4-2-3-5-14/h10H,2-9H2,1H3,(H2,15,16,17). The molecule has 0 radical (unpaired) electrons. The average molecular weight is 278 g/mol. The fourth-order valence-electron chi connectivity index (χ4n) is 3.52. The Morgan fingerprint density at radius 3 is 2.47 bits per heavy atom. The van der Waals surface area contributed by atoms with E-state index in [4.69, 9.17) is 5.73 Å². The van der Waals surface area contributed by atoms with Crippen molar-refractivity contribution in [3.63, 3.8) is 0 Å². The van der Waals surface area contributed by atoms with Crippen LogP contribution in [0, 0.1) is 5.41 Å². The van der Waals surface area contributed by atoms with Gasteiger partial charge in [-0.3, -0.25) is 0 Å². The Balaban J connectivity index is 1.72. The number of nitrogen functional groups attached to an aromatic ring is 1. The Kier molecular flexibility index (Phi) is 3.56. The van der Waals surface area contributed by atoms with Crippen molar-refractivity contribution in [2.75, 3.05) is 30.0 Å². The molecule has 4 nitrogen and oxygen atoms in total. The highest BCUT2D eigenvalue weighted by molar-refractivity contribution is 7.98. The number of nitrogens with two attached hydrogens (primary N) is 1. The molecule has 1 aromatic heterocycles. The van der Waals surface area contributed by atoms with Gasteiger partial charge in [0.25, 0.3) is 0 Å². The molecule has 3 rings (SSSR count). The van der Waals surface area contributed by atoms with E-state index in [9.17, 15) is 0 Å². The summed E-state index contributed by atoms with van der Waals surface area (Å²) < 4.78 is 0. The number of aromatic nitrogens is 2. The first-order valence-electron chi connectivity index (χ1n) is 7.14. The van der Waals surface area contributed by atoms with Crippen LogP contribution in [0.1, 0.15) is 38.5 Å². The molecule has 1 aliphatic heterocycles. The Hall–Kier alpha value is -0.970. The molecule has 1 saturated carbocycles. The summed E-state index contributed by atoms with van der Waals surface area (Å²) in [5, 5.41) is 0.774. The van der Waals surface area contributed by atoms with Crippen molar-refractivity contribution in [2.45, 2.75) is 43.7 Å². The third-order valence-electron chi connectivity index (χ3n) is 4.71. The lowest BCUT2D eigenvalue weighted by Crippen LogP contribution is -2.39. The van der Waals surface area contributed by atoms with Gasteiger partial charge in [-0.15, -0.1) is 0 Å². The second kappa shape index (κ2) is 5.19. The summed E-state index contributed by atoms with van der Waals surface area (Å²) in [6.07, 6.45) is 10.3. The molecule has 0 bridgehead atoms. The summed E-state index contributed by atoms with van der Waals surface area (Å²) in [6, 6.07) is 1.91.